The lowest BCUT2D eigenvalue weighted by molar-refractivity contribution is 0.0976. The molecule has 0 atom stereocenters. The molecule has 0 aliphatic rings. The van der Waals surface area contributed by atoms with Crippen molar-refractivity contribution in [3.63, 3.8) is 0 Å². The molecule has 0 fully saturated rings. The van der Waals surface area contributed by atoms with E-state index in [1.807, 2.05) is 4.72 Å². The predicted octanol–water partition coefficient (Wildman–Crippen LogP) is 2.80. The number of halogens is 2. The summed E-state index contributed by atoms with van der Waals surface area (Å²) in [6, 6.07) is 10.2. The highest BCUT2D eigenvalue weighted by molar-refractivity contribution is 7.90. The van der Waals surface area contributed by atoms with Crippen LogP contribution in [-0.4, -0.2) is 29.3 Å². The lowest BCUT2D eigenvalue weighted by Crippen LogP contribution is -2.31. The number of nitrogens with zero attached hydrogens (tertiary/aromatic N) is 3. The molecule has 0 aliphatic heterocycles. The van der Waals surface area contributed by atoms with Gasteiger partial charge in [0.15, 0.2) is 5.69 Å². The lowest BCUT2D eigenvalue weighted by atomic mass is 10.2. The van der Waals surface area contributed by atoms with Crippen LogP contribution in [0, 0.1) is 19.7 Å². The summed E-state index contributed by atoms with van der Waals surface area (Å²) in [5.74, 6) is -1.62. The lowest BCUT2D eigenvalue weighted by Gasteiger charge is -2.09. The molecule has 0 spiro atoms. The summed E-state index contributed by atoms with van der Waals surface area (Å²) in [5, 5.41) is 7.64. The molecule has 1 heterocycles. The zero-order chi connectivity index (χ0) is 19.8. The van der Waals surface area contributed by atoms with Crippen LogP contribution in [0.15, 0.2) is 47.4 Å². The van der Waals surface area contributed by atoms with Crippen molar-refractivity contribution in [3.05, 3.63) is 70.3 Å². The monoisotopic (exact) mass is 408 g/mol. The van der Waals surface area contributed by atoms with Gasteiger partial charge in [-0.05, 0) is 43.7 Å². The molecule has 2 aromatic carbocycles. The maximum absolute atomic E-state index is 14.1. The molecule has 0 saturated heterocycles. The predicted molar refractivity (Wildman–Crippen MR) is 96.9 cm³/mol. The fraction of sp³-hybridized carbons (Fsp3) is 0.118. The average molecular weight is 409 g/mol. The Labute approximate surface area is 159 Å². The smallest absolute Gasteiger partial charge is 0.266 e. The summed E-state index contributed by atoms with van der Waals surface area (Å²) < 4.78 is 42.1. The van der Waals surface area contributed by atoms with Gasteiger partial charge in [0, 0.05) is 5.02 Å². The summed E-state index contributed by atoms with van der Waals surface area (Å²) in [7, 11) is -4.09. The van der Waals surface area contributed by atoms with Gasteiger partial charge in [-0.25, -0.2) is 22.2 Å². The zero-order valence-corrected chi connectivity index (χ0v) is 15.8. The second kappa shape index (κ2) is 7.09. The largest absolute Gasteiger partial charge is 0.287 e. The number of rotatable bonds is 4. The van der Waals surface area contributed by atoms with Crippen LogP contribution < -0.4 is 4.72 Å². The van der Waals surface area contributed by atoms with Crippen molar-refractivity contribution in [2.24, 2.45) is 0 Å². The number of carbonyl (C=O) groups is 1. The van der Waals surface area contributed by atoms with E-state index in [-0.39, 0.29) is 27.0 Å². The summed E-state index contributed by atoms with van der Waals surface area (Å²) >= 11 is 5.73. The number of amides is 1. The van der Waals surface area contributed by atoms with Gasteiger partial charge >= 0.3 is 0 Å². The molecule has 3 aromatic rings. The van der Waals surface area contributed by atoms with Crippen molar-refractivity contribution in [3.8, 4) is 5.69 Å². The maximum atomic E-state index is 14.1. The Morgan fingerprint density at radius 3 is 2.56 bits per heavy atom. The van der Waals surface area contributed by atoms with Crippen LogP contribution in [0.5, 0.6) is 0 Å². The van der Waals surface area contributed by atoms with E-state index < -0.39 is 21.7 Å². The Bertz CT molecular complexity index is 1140. The Morgan fingerprint density at radius 2 is 1.89 bits per heavy atom. The van der Waals surface area contributed by atoms with Gasteiger partial charge in [-0.1, -0.05) is 35.0 Å². The first-order valence-electron chi connectivity index (χ1n) is 7.71. The van der Waals surface area contributed by atoms with Crippen LogP contribution in [0.3, 0.4) is 0 Å². The van der Waals surface area contributed by atoms with Crippen LogP contribution in [0.2, 0.25) is 5.02 Å². The standard InChI is InChI=1S/C17H14ClFN4O3S/c1-10-5-3-4-6-15(10)27(25,26)21-17(24)16-11(2)23(22-20-16)14-8-7-12(18)9-13(14)19/h3-9H,1-2H3,(H,21,24). The van der Waals surface area contributed by atoms with Gasteiger partial charge in [-0.2, -0.15) is 0 Å². The SMILES string of the molecule is Cc1ccccc1S(=O)(=O)NC(=O)c1nnn(-c2ccc(Cl)cc2F)c1C. The Kier molecular flexibility index (Phi) is 4.99. The van der Waals surface area contributed by atoms with E-state index in [0.717, 1.165) is 10.7 Å². The van der Waals surface area contributed by atoms with Crippen molar-refractivity contribution in [1.29, 1.82) is 0 Å². The summed E-state index contributed by atoms with van der Waals surface area (Å²) in [6.45, 7) is 3.09. The molecule has 0 unspecified atom stereocenters. The molecular formula is C17H14ClFN4O3S. The number of aromatic nitrogens is 3. The minimum absolute atomic E-state index is 0.0212. The molecule has 0 aliphatic carbocycles. The highest BCUT2D eigenvalue weighted by Crippen LogP contribution is 2.20. The molecule has 10 heteroatoms. The summed E-state index contributed by atoms with van der Waals surface area (Å²) in [6.07, 6.45) is 0. The van der Waals surface area contributed by atoms with Crippen LogP contribution in [0.1, 0.15) is 21.7 Å². The van der Waals surface area contributed by atoms with Gasteiger partial charge < -0.3 is 0 Å². The molecule has 0 radical (unpaired) electrons. The van der Waals surface area contributed by atoms with Gasteiger partial charge in [-0.3, -0.25) is 4.79 Å². The first-order chi connectivity index (χ1) is 12.7. The Balaban J connectivity index is 1.93. The molecule has 0 saturated carbocycles. The Hall–Kier alpha value is -2.78. The first-order valence-corrected chi connectivity index (χ1v) is 9.57. The number of sulfonamides is 1. The number of carbonyl (C=O) groups excluding carboxylic acids is 1. The fourth-order valence-electron chi connectivity index (χ4n) is 2.50. The quantitative estimate of drug-likeness (QED) is 0.716. The fourth-order valence-corrected chi connectivity index (χ4v) is 3.86. The third-order valence-corrected chi connectivity index (χ3v) is 5.58. The maximum Gasteiger partial charge on any atom is 0.287 e. The van der Waals surface area contributed by atoms with E-state index in [4.69, 9.17) is 11.6 Å². The number of hydrogen-bond acceptors (Lipinski definition) is 5. The van der Waals surface area contributed by atoms with Crippen LogP contribution in [-0.2, 0) is 10.0 Å². The molecule has 0 bridgehead atoms. The third-order valence-electron chi connectivity index (χ3n) is 3.86. The normalized spacial score (nSPS) is 11.4. The van der Waals surface area contributed by atoms with Crippen molar-refractivity contribution in [1.82, 2.24) is 19.7 Å². The zero-order valence-electron chi connectivity index (χ0n) is 14.3. The van der Waals surface area contributed by atoms with Gasteiger partial charge in [0.05, 0.1) is 10.6 Å². The molecule has 1 aromatic heterocycles. The van der Waals surface area contributed by atoms with E-state index in [9.17, 15) is 17.6 Å². The second-order valence-electron chi connectivity index (χ2n) is 5.73. The molecule has 140 valence electrons. The third kappa shape index (κ3) is 3.69. The minimum Gasteiger partial charge on any atom is -0.266 e. The molecule has 7 nitrogen and oxygen atoms in total. The average Bonchev–Trinajstić information content (AvgIpc) is 2.96. The minimum atomic E-state index is -4.09. The van der Waals surface area contributed by atoms with Crippen molar-refractivity contribution < 1.29 is 17.6 Å². The number of nitrogens with one attached hydrogen (secondary N) is 1. The van der Waals surface area contributed by atoms with Crippen LogP contribution in [0.4, 0.5) is 4.39 Å². The van der Waals surface area contributed by atoms with Crippen molar-refractivity contribution >= 4 is 27.5 Å². The van der Waals surface area contributed by atoms with Gasteiger partial charge in [0.1, 0.15) is 11.5 Å². The summed E-state index contributed by atoms with van der Waals surface area (Å²) in [4.78, 5) is 12.4. The Morgan fingerprint density at radius 1 is 1.19 bits per heavy atom. The molecule has 1 amide bonds. The summed E-state index contributed by atoms with van der Waals surface area (Å²) in [5.41, 5.74) is 0.460. The van der Waals surface area contributed by atoms with Gasteiger partial charge in [0.25, 0.3) is 15.9 Å². The number of benzene rings is 2. The molecule has 1 N–H and O–H groups in total. The number of hydrogen-bond donors (Lipinski definition) is 1. The van der Waals surface area contributed by atoms with Gasteiger partial charge in [0.2, 0.25) is 0 Å². The number of aryl methyl sites for hydroxylation is 1. The topological polar surface area (TPSA) is 93.9 Å². The highest BCUT2D eigenvalue weighted by atomic mass is 35.5. The van der Waals surface area contributed by atoms with E-state index >= 15 is 0 Å². The van der Waals surface area contributed by atoms with Crippen LogP contribution >= 0.6 is 11.6 Å². The van der Waals surface area contributed by atoms with E-state index in [1.165, 1.54) is 25.1 Å². The molecular weight excluding hydrogens is 395 g/mol. The van der Waals surface area contributed by atoms with Crippen LogP contribution in [0.25, 0.3) is 5.69 Å². The van der Waals surface area contributed by atoms with E-state index in [1.54, 1.807) is 25.1 Å². The van der Waals surface area contributed by atoms with E-state index in [0.29, 0.717) is 5.56 Å². The molecule has 27 heavy (non-hydrogen) atoms. The highest BCUT2D eigenvalue weighted by Gasteiger charge is 2.25. The van der Waals surface area contributed by atoms with Crippen molar-refractivity contribution in [2.75, 3.05) is 0 Å². The first kappa shape index (κ1) is 19.0. The van der Waals surface area contributed by atoms with Gasteiger partial charge in [-0.15, -0.1) is 5.10 Å². The second-order valence-corrected chi connectivity index (χ2v) is 7.82. The molecule has 3 rings (SSSR count). The van der Waals surface area contributed by atoms with Crippen molar-refractivity contribution in [2.45, 2.75) is 18.7 Å². The van der Waals surface area contributed by atoms with E-state index in [2.05, 4.69) is 10.3 Å².